The summed E-state index contributed by atoms with van der Waals surface area (Å²) in [6.45, 7) is 3.80. The van der Waals surface area contributed by atoms with Crippen molar-refractivity contribution in [1.82, 2.24) is 0 Å². The second-order valence-electron chi connectivity index (χ2n) is 3.87. The van der Waals surface area contributed by atoms with Gasteiger partial charge >= 0.3 is 7.60 Å². The Kier molecular flexibility index (Phi) is 6.30. The van der Waals surface area contributed by atoms with Gasteiger partial charge in [-0.25, -0.2) is 0 Å². The summed E-state index contributed by atoms with van der Waals surface area (Å²) in [6.07, 6.45) is 0. The Morgan fingerprint density at radius 2 is 1.90 bits per heavy atom. The van der Waals surface area contributed by atoms with Gasteiger partial charge in [0.2, 0.25) is 0 Å². The van der Waals surface area contributed by atoms with E-state index in [2.05, 4.69) is 0 Å². The average Bonchev–Trinajstić information content (AvgIpc) is 2.41. The van der Waals surface area contributed by atoms with Crippen LogP contribution in [0.25, 0.3) is 0 Å². The maximum absolute atomic E-state index is 12.6. The Morgan fingerprint density at radius 3 is 2.35 bits per heavy atom. The largest absolute Gasteiger partial charge is 0.503 e. The molecule has 0 bridgehead atoms. The standard InChI is InChI=1S/C12H19ClNO5P/c1-4-18-20(16,19-5-2)12(14)8-6-9(13)11(15)10(7-8)17-3/h6-7,12,15H,4-5,14H2,1-3H3/t12-/m0/s1. The van der Waals surface area contributed by atoms with Gasteiger partial charge in [-0.1, -0.05) is 11.6 Å². The lowest BCUT2D eigenvalue weighted by atomic mass is 10.2. The zero-order chi connectivity index (χ0) is 15.3. The zero-order valence-electron chi connectivity index (χ0n) is 11.6. The van der Waals surface area contributed by atoms with Gasteiger partial charge in [-0.3, -0.25) is 4.57 Å². The minimum Gasteiger partial charge on any atom is -0.503 e. The monoisotopic (exact) mass is 323 g/mol. The smallest absolute Gasteiger partial charge is 0.351 e. The summed E-state index contributed by atoms with van der Waals surface area (Å²) in [5.41, 5.74) is 6.38. The van der Waals surface area contributed by atoms with E-state index < -0.39 is 13.4 Å². The molecular weight excluding hydrogens is 305 g/mol. The molecule has 0 unspecified atom stereocenters. The number of halogens is 1. The topological polar surface area (TPSA) is 91.0 Å². The molecule has 20 heavy (non-hydrogen) atoms. The Balaban J connectivity index is 3.21. The molecule has 1 aromatic carbocycles. The van der Waals surface area contributed by atoms with Crippen molar-refractivity contribution in [2.75, 3.05) is 20.3 Å². The highest BCUT2D eigenvalue weighted by Crippen LogP contribution is 2.59. The molecule has 0 saturated carbocycles. The summed E-state index contributed by atoms with van der Waals surface area (Å²) in [6, 6.07) is 2.87. The van der Waals surface area contributed by atoms with Gasteiger partial charge < -0.3 is 24.6 Å². The Morgan fingerprint density at radius 1 is 1.35 bits per heavy atom. The summed E-state index contributed by atoms with van der Waals surface area (Å²) in [5.74, 6) is -1.08. The molecule has 0 saturated heterocycles. The molecule has 0 aliphatic carbocycles. The molecular formula is C12H19ClNO5P. The van der Waals surface area contributed by atoms with E-state index in [-0.39, 0.29) is 29.7 Å². The van der Waals surface area contributed by atoms with Crippen LogP contribution >= 0.6 is 19.2 Å². The van der Waals surface area contributed by atoms with E-state index in [4.69, 9.17) is 31.1 Å². The van der Waals surface area contributed by atoms with Gasteiger partial charge in [-0.2, -0.15) is 0 Å². The first-order valence-electron chi connectivity index (χ1n) is 6.10. The average molecular weight is 324 g/mol. The lowest BCUT2D eigenvalue weighted by Gasteiger charge is -2.24. The van der Waals surface area contributed by atoms with Crippen molar-refractivity contribution in [1.29, 1.82) is 0 Å². The molecule has 1 aromatic rings. The van der Waals surface area contributed by atoms with Gasteiger partial charge in [0, 0.05) is 0 Å². The Labute approximate surface area is 123 Å². The van der Waals surface area contributed by atoms with E-state index in [0.29, 0.717) is 5.56 Å². The number of phenolic OH excluding ortho intramolecular Hbond substituents is 1. The first-order chi connectivity index (χ1) is 9.39. The first-order valence-corrected chi connectivity index (χ1v) is 8.09. The van der Waals surface area contributed by atoms with E-state index >= 15 is 0 Å². The molecule has 114 valence electrons. The van der Waals surface area contributed by atoms with Crippen molar-refractivity contribution in [2.24, 2.45) is 5.73 Å². The van der Waals surface area contributed by atoms with Crippen molar-refractivity contribution >= 4 is 19.2 Å². The lowest BCUT2D eigenvalue weighted by Crippen LogP contribution is -2.15. The second-order valence-corrected chi connectivity index (χ2v) is 6.43. The van der Waals surface area contributed by atoms with Gasteiger partial charge in [0.05, 0.1) is 25.3 Å². The van der Waals surface area contributed by atoms with Crippen molar-refractivity contribution in [3.8, 4) is 11.5 Å². The number of nitrogens with two attached hydrogens (primary N) is 1. The van der Waals surface area contributed by atoms with Crippen molar-refractivity contribution in [3.63, 3.8) is 0 Å². The summed E-state index contributed by atoms with van der Waals surface area (Å²) < 4.78 is 28.0. The molecule has 1 atom stereocenters. The lowest BCUT2D eigenvalue weighted by molar-refractivity contribution is 0.212. The van der Waals surface area contributed by atoms with Crippen LogP contribution in [0.4, 0.5) is 0 Å². The molecule has 0 aliphatic rings. The number of hydrogen-bond donors (Lipinski definition) is 2. The molecule has 6 nitrogen and oxygen atoms in total. The van der Waals surface area contributed by atoms with Crippen LogP contribution in [0, 0.1) is 0 Å². The molecule has 8 heteroatoms. The fourth-order valence-electron chi connectivity index (χ4n) is 1.66. The first kappa shape index (κ1) is 17.3. The van der Waals surface area contributed by atoms with Crippen LogP contribution in [-0.2, 0) is 13.6 Å². The Hall–Kier alpha value is -0.780. The van der Waals surface area contributed by atoms with E-state index in [9.17, 15) is 9.67 Å². The number of hydrogen-bond acceptors (Lipinski definition) is 6. The third-order valence-electron chi connectivity index (χ3n) is 2.57. The van der Waals surface area contributed by atoms with Gasteiger partial charge in [0.25, 0.3) is 0 Å². The number of rotatable bonds is 7. The summed E-state index contributed by atoms with van der Waals surface area (Å²) in [7, 11) is -2.14. The third-order valence-corrected chi connectivity index (χ3v) is 5.07. The highest BCUT2D eigenvalue weighted by molar-refractivity contribution is 7.54. The molecule has 1 rings (SSSR count). The van der Waals surface area contributed by atoms with E-state index in [1.54, 1.807) is 13.8 Å². The van der Waals surface area contributed by atoms with E-state index in [1.165, 1.54) is 19.2 Å². The minimum atomic E-state index is -3.52. The number of phenols is 1. The van der Waals surface area contributed by atoms with Crippen molar-refractivity contribution < 1.29 is 23.5 Å². The van der Waals surface area contributed by atoms with Crippen molar-refractivity contribution in [2.45, 2.75) is 19.6 Å². The second kappa shape index (κ2) is 7.29. The van der Waals surface area contributed by atoms with Gasteiger partial charge in [-0.15, -0.1) is 0 Å². The van der Waals surface area contributed by atoms with Crippen LogP contribution in [0.3, 0.4) is 0 Å². The van der Waals surface area contributed by atoms with Gasteiger partial charge in [0.15, 0.2) is 11.5 Å². The van der Waals surface area contributed by atoms with Crippen LogP contribution in [0.2, 0.25) is 5.02 Å². The molecule has 0 fully saturated rings. The third kappa shape index (κ3) is 3.65. The number of benzene rings is 1. The highest BCUT2D eigenvalue weighted by atomic mass is 35.5. The number of methoxy groups -OCH3 is 1. The normalized spacial score (nSPS) is 13.2. The van der Waals surface area contributed by atoms with Crippen LogP contribution < -0.4 is 10.5 Å². The van der Waals surface area contributed by atoms with Crippen LogP contribution in [0.5, 0.6) is 11.5 Å². The maximum atomic E-state index is 12.6. The fraction of sp³-hybridized carbons (Fsp3) is 0.500. The van der Waals surface area contributed by atoms with E-state index in [0.717, 1.165) is 0 Å². The molecule has 0 aromatic heterocycles. The molecule has 3 N–H and O–H groups in total. The summed E-state index contributed by atoms with van der Waals surface area (Å²) in [4.78, 5) is 0. The van der Waals surface area contributed by atoms with Gasteiger partial charge in [0.1, 0.15) is 5.78 Å². The predicted octanol–water partition coefficient (Wildman–Crippen LogP) is 3.28. The van der Waals surface area contributed by atoms with Gasteiger partial charge in [-0.05, 0) is 31.5 Å². The number of ether oxygens (including phenoxy) is 1. The molecule has 0 spiro atoms. The summed E-state index contributed by atoms with van der Waals surface area (Å²) in [5, 5.41) is 9.73. The molecule has 0 radical (unpaired) electrons. The molecule has 0 heterocycles. The maximum Gasteiger partial charge on any atom is 0.351 e. The van der Waals surface area contributed by atoms with Crippen molar-refractivity contribution in [3.05, 3.63) is 22.7 Å². The van der Waals surface area contributed by atoms with Crippen LogP contribution in [-0.4, -0.2) is 25.4 Å². The predicted molar refractivity (Wildman–Crippen MR) is 77.5 cm³/mol. The van der Waals surface area contributed by atoms with E-state index in [1.807, 2.05) is 0 Å². The van der Waals surface area contributed by atoms with Crippen LogP contribution in [0.1, 0.15) is 25.2 Å². The minimum absolute atomic E-state index is 0.0503. The zero-order valence-corrected chi connectivity index (χ0v) is 13.3. The quantitative estimate of drug-likeness (QED) is 0.748. The Bertz CT molecular complexity index is 501. The highest BCUT2D eigenvalue weighted by Gasteiger charge is 2.34. The molecule has 0 amide bonds. The number of aromatic hydroxyl groups is 1. The SMILES string of the molecule is CCOP(=O)(OCC)[C@H](N)c1cc(Cl)c(O)c(OC)c1. The van der Waals surface area contributed by atoms with Crippen LogP contribution in [0.15, 0.2) is 12.1 Å². The molecule has 0 aliphatic heterocycles. The summed E-state index contributed by atoms with van der Waals surface area (Å²) >= 11 is 5.89. The fourth-order valence-corrected chi connectivity index (χ4v) is 3.51.